The number of nitrogens with one attached hydrogen (secondary N) is 2. The second-order valence-corrected chi connectivity index (χ2v) is 8.31. The molecule has 3 heterocycles. The van der Waals surface area contributed by atoms with Crippen molar-refractivity contribution >= 4 is 28.3 Å². The van der Waals surface area contributed by atoms with E-state index < -0.39 is 0 Å². The molecule has 1 unspecified atom stereocenters. The lowest BCUT2D eigenvalue weighted by Gasteiger charge is -2.28. The molecule has 1 atom stereocenters. The van der Waals surface area contributed by atoms with Crippen molar-refractivity contribution in [3.05, 3.63) is 39.8 Å². The molecule has 0 saturated heterocycles. The SMILES string of the molecule is CCOC(=O)N1CCc2c(sc3c2C(=O)NC(c2ccc(OCC)c(OCC)c2)N3)C1. The third-order valence-corrected chi connectivity index (χ3v) is 6.41. The fourth-order valence-electron chi connectivity index (χ4n) is 3.90. The third-order valence-electron chi connectivity index (χ3n) is 5.26. The van der Waals surface area contributed by atoms with E-state index in [0.717, 1.165) is 21.0 Å². The summed E-state index contributed by atoms with van der Waals surface area (Å²) in [7, 11) is 0. The van der Waals surface area contributed by atoms with Gasteiger partial charge in [-0.1, -0.05) is 6.07 Å². The molecule has 31 heavy (non-hydrogen) atoms. The Labute approximate surface area is 185 Å². The summed E-state index contributed by atoms with van der Waals surface area (Å²) >= 11 is 1.53. The highest BCUT2D eigenvalue weighted by atomic mass is 32.1. The lowest BCUT2D eigenvalue weighted by molar-refractivity contribution is 0.0934. The van der Waals surface area contributed by atoms with Gasteiger partial charge in [0.15, 0.2) is 11.5 Å². The molecule has 166 valence electrons. The maximum Gasteiger partial charge on any atom is 0.410 e. The van der Waals surface area contributed by atoms with Crippen LogP contribution in [-0.4, -0.2) is 43.3 Å². The lowest BCUT2D eigenvalue weighted by atomic mass is 10.0. The van der Waals surface area contributed by atoms with E-state index in [9.17, 15) is 9.59 Å². The summed E-state index contributed by atoms with van der Waals surface area (Å²) in [4.78, 5) is 27.8. The van der Waals surface area contributed by atoms with Gasteiger partial charge in [-0.2, -0.15) is 0 Å². The predicted octanol–water partition coefficient (Wildman–Crippen LogP) is 3.91. The molecule has 4 rings (SSSR count). The molecule has 2 N–H and O–H groups in total. The summed E-state index contributed by atoms with van der Waals surface area (Å²) < 4.78 is 16.5. The van der Waals surface area contributed by atoms with E-state index in [1.54, 1.807) is 11.8 Å². The molecule has 9 heteroatoms. The lowest BCUT2D eigenvalue weighted by Crippen LogP contribution is -2.39. The summed E-state index contributed by atoms with van der Waals surface area (Å²) in [5.41, 5.74) is 2.59. The Morgan fingerprint density at radius 1 is 1.13 bits per heavy atom. The van der Waals surface area contributed by atoms with Crippen LogP contribution in [0.15, 0.2) is 18.2 Å². The number of rotatable bonds is 6. The molecule has 1 aromatic carbocycles. The number of nitrogens with zero attached hydrogens (tertiary/aromatic N) is 1. The van der Waals surface area contributed by atoms with E-state index in [0.29, 0.717) is 56.4 Å². The van der Waals surface area contributed by atoms with Gasteiger partial charge in [-0.25, -0.2) is 4.79 Å². The Balaban J connectivity index is 1.58. The Kier molecular flexibility index (Phi) is 6.22. The number of ether oxygens (including phenoxy) is 3. The van der Waals surface area contributed by atoms with E-state index in [1.165, 1.54) is 11.3 Å². The molecule has 2 aliphatic rings. The van der Waals surface area contributed by atoms with Crippen molar-refractivity contribution < 1.29 is 23.8 Å². The topological polar surface area (TPSA) is 89.1 Å². The highest BCUT2D eigenvalue weighted by Gasteiger charge is 2.34. The Morgan fingerprint density at radius 2 is 1.90 bits per heavy atom. The number of hydrogen-bond acceptors (Lipinski definition) is 7. The third kappa shape index (κ3) is 4.14. The van der Waals surface area contributed by atoms with Crippen LogP contribution in [0.3, 0.4) is 0 Å². The highest BCUT2D eigenvalue weighted by Crippen LogP contribution is 2.41. The van der Waals surface area contributed by atoms with Crippen LogP contribution in [0.5, 0.6) is 11.5 Å². The zero-order valence-corrected chi connectivity index (χ0v) is 18.8. The molecule has 2 aromatic rings. The van der Waals surface area contributed by atoms with Crippen LogP contribution in [0.2, 0.25) is 0 Å². The van der Waals surface area contributed by atoms with Crippen molar-refractivity contribution in [3.8, 4) is 11.5 Å². The van der Waals surface area contributed by atoms with Gasteiger partial charge in [0, 0.05) is 11.4 Å². The maximum atomic E-state index is 13.0. The first kappa shape index (κ1) is 21.3. The summed E-state index contributed by atoms with van der Waals surface area (Å²) in [5.74, 6) is 1.23. The van der Waals surface area contributed by atoms with Gasteiger partial charge in [0.05, 0.1) is 31.9 Å². The largest absolute Gasteiger partial charge is 0.490 e. The molecule has 0 saturated carbocycles. The molecule has 0 spiro atoms. The average molecular weight is 446 g/mol. The van der Waals surface area contributed by atoms with Gasteiger partial charge in [0.25, 0.3) is 5.91 Å². The smallest absolute Gasteiger partial charge is 0.410 e. The van der Waals surface area contributed by atoms with E-state index in [4.69, 9.17) is 14.2 Å². The first-order valence-corrected chi connectivity index (χ1v) is 11.4. The number of anilines is 1. The van der Waals surface area contributed by atoms with Gasteiger partial charge >= 0.3 is 6.09 Å². The average Bonchev–Trinajstić information content (AvgIpc) is 3.13. The van der Waals surface area contributed by atoms with Gasteiger partial charge in [0.1, 0.15) is 11.2 Å². The molecule has 0 bridgehead atoms. The molecule has 0 aliphatic carbocycles. The van der Waals surface area contributed by atoms with Gasteiger partial charge in [-0.05, 0) is 50.5 Å². The zero-order valence-electron chi connectivity index (χ0n) is 17.9. The van der Waals surface area contributed by atoms with Crippen LogP contribution in [0.1, 0.15) is 53.3 Å². The quantitative estimate of drug-likeness (QED) is 0.701. The minimum absolute atomic E-state index is 0.104. The maximum absolute atomic E-state index is 13.0. The van der Waals surface area contributed by atoms with Crippen LogP contribution in [-0.2, 0) is 17.7 Å². The first-order valence-electron chi connectivity index (χ1n) is 10.6. The van der Waals surface area contributed by atoms with Gasteiger partial charge < -0.3 is 29.7 Å². The number of carbonyl (C=O) groups excluding carboxylic acids is 2. The Hall–Kier alpha value is -2.94. The van der Waals surface area contributed by atoms with Crippen LogP contribution in [0, 0.1) is 0 Å². The van der Waals surface area contributed by atoms with Crippen LogP contribution >= 0.6 is 11.3 Å². The van der Waals surface area contributed by atoms with Crippen molar-refractivity contribution in [2.24, 2.45) is 0 Å². The van der Waals surface area contributed by atoms with Crippen molar-refractivity contribution in [2.45, 2.75) is 39.9 Å². The van der Waals surface area contributed by atoms with E-state index >= 15 is 0 Å². The van der Waals surface area contributed by atoms with Gasteiger partial charge in [-0.3, -0.25) is 4.79 Å². The minimum Gasteiger partial charge on any atom is -0.490 e. The summed E-state index contributed by atoms with van der Waals surface area (Å²) in [6, 6.07) is 5.68. The molecular weight excluding hydrogens is 418 g/mol. The molecule has 2 aliphatic heterocycles. The van der Waals surface area contributed by atoms with Gasteiger partial charge in [0.2, 0.25) is 0 Å². The molecule has 2 amide bonds. The second kappa shape index (κ2) is 9.05. The molecule has 0 fully saturated rings. The van der Waals surface area contributed by atoms with E-state index in [-0.39, 0.29) is 18.2 Å². The molecular formula is C22H27N3O5S. The number of carbonyl (C=O) groups is 2. The Bertz CT molecular complexity index is 990. The minimum atomic E-state index is -0.379. The molecule has 1 aromatic heterocycles. The standard InChI is InChI=1S/C22H27N3O5S/c1-4-28-15-8-7-13(11-16(15)29-5-2)19-23-20(26)18-14-9-10-25(22(27)30-6-3)12-17(14)31-21(18)24-19/h7-8,11,19,24H,4-6,9-10,12H2,1-3H3,(H,23,26). The van der Waals surface area contributed by atoms with Crippen LogP contribution in [0.25, 0.3) is 0 Å². The number of benzene rings is 1. The summed E-state index contributed by atoms with van der Waals surface area (Å²) in [6.07, 6.45) is -0.0547. The Morgan fingerprint density at radius 3 is 2.65 bits per heavy atom. The first-order chi connectivity index (χ1) is 15.0. The molecule has 0 radical (unpaired) electrons. The number of amides is 2. The van der Waals surface area contributed by atoms with E-state index in [1.807, 2.05) is 32.0 Å². The summed E-state index contributed by atoms with van der Waals surface area (Å²) in [5, 5.41) is 7.33. The van der Waals surface area contributed by atoms with Crippen molar-refractivity contribution in [2.75, 3.05) is 31.7 Å². The van der Waals surface area contributed by atoms with Crippen LogP contribution < -0.4 is 20.1 Å². The number of hydrogen-bond donors (Lipinski definition) is 2. The fraction of sp³-hybridized carbons (Fsp3) is 0.455. The zero-order chi connectivity index (χ0) is 22.0. The summed E-state index contributed by atoms with van der Waals surface area (Å²) in [6.45, 7) is 8.06. The van der Waals surface area contributed by atoms with Crippen molar-refractivity contribution in [1.29, 1.82) is 0 Å². The normalized spacial score (nSPS) is 17.2. The van der Waals surface area contributed by atoms with Crippen molar-refractivity contribution in [3.63, 3.8) is 0 Å². The van der Waals surface area contributed by atoms with Crippen molar-refractivity contribution in [1.82, 2.24) is 10.2 Å². The fourth-order valence-corrected chi connectivity index (χ4v) is 5.19. The van der Waals surface area contributed by atoms with Gasteiger partial charge in [-0.15, -0.1) is 11.3 Å². The van der Waals surface area contributed by atoms with Crippen LogP contribution in [0.4, 0.5) is 9.80 Å². The van der Waals surface area contributed by atoms with E-state index in [2.05, 4.69) is 10.6 Å². The second-order valence-electron chi connectivity index (χ2n) is 7.20. The predicted molar refractivity (Wildman–Crippen MR) is 118 cm³/mol. The number of fused-ring (bicyclic) bond motifs is 3. The molecule has 8 nitrogen and oxygen atoms in total. The monoisotopic (exact) mass is 445 g/mol. The highest BCUT2D eigenvalue weighted by molar-refractivity contribution is 7.16. The number of thiophene rings is 1.